The van der Waals surface area contributed by atoms with Crippen molar-refractivity contribution < 1.29 is 9.53 Å². The number of carbonyl (C=O) groups is 1. The van der Waals surface area contributed by atoms with E-state index in [0.717, 1.165) is 46.2 Å². The Kier molecular flexibility index (Phi) is 4.92. The van der Waals surface area contributed by atoms with Crippen LogP contribution in [0.4, 0.5) is 4.79 Å². The second kappa shape index (κ2) is 7.65. The fourth-order valence-electron chi connectivity index (χ4n) is 4.56. The first kappa shape index (κ1) is 20.5. The Labute approximate surface area is 187 Å². The van der Waals surface area contributed by atoms with Gasteiger partial charge in [-0.15, -0.1) is 0 Å². The summed E-state index contributed by atoms with van der Waals surface area (Å²) in [7, 11) is 0. The van der Waals surface area contributed by atoms with E-state index in [-0.39, 0.29) is 12.1 Å². The van der Waals surface area contributed by atoms with Crippen LogP contribution in [-0.2, 0) is 4.74 Å². The molecule has 0 atom stereocenters. The maximum atomic E-state index is 12.4. The largest absolute Gasteiger partial charge is 0.444 e. The molecule has 5 rings (SSSR count). The molecule has 7 heteroatoms. The van der Waals surface area contributed by atoms with Gasteiger partial charge in [-0.1, -0.05) is 18.2 Å². The van der Waals surface area contributed by atoms with Gasteiger partial charge in [0.15, 0.2) is 0 Å². The lowest BCUT2D eigenvalue weighted by Gasteiger charge is -2.33. The van der Waals surface area contributed by atoms with E-state index in [1.807, 2.05) is 33.0 Å². The number of nitrogens with one attached hydrogen (secondary N) is 1. The van der Waals surface area contributed by atoms with Crippen molar-refractivity contribution in [3.05, 3.63) is 48.4 Å². The van der Waals surface area contributed by atoms with Crippen LogP contribution in [0, 0.1) is 6.92 Å². The van der Waals surface area contributed by atoms with Crippen molar-refractivity contribution in [1.29, 1.82) is 0 Å². The summed E-state index contributed by atoms with van der Waals surface area (Å²) < 4.78 is 7.60. The number of piperidine rings is 1. The fourth-order valence-corrected chi connectivity index (χ4v) is 4.56. The van der Waals surface area contributed by atoms with Crippen LogP contribution < -0.4 is 0 Å². The zero-order chi connectivity index (χ0) is 22.5. The number of nitrogens with zero attached hydrogens (tertiary/aromatic N) is 4. The zero-order valence-electron chi connectivity index (χ0n) is 19.1. The minimum atomic E-state index is -0.472. The van der Waals surface area contributed by atoms with Gasteiger partial charge in [-0.2, -0.15) is 5.10 Å². The molecule has 0 spiro atoms. The van der Waals surface area contributed by atoms with Gasteiger partial charge in [0.2, 0.25) is 0 Å². The molecule has 32 heavy (non-hydrogen) atoms. The smallest absolute Gasteiger partial charge is 0.410 e. The summed E-state index contributed by atoms with van der Waals surface area (Å²) in [4.78, 5) is 22.2. The Bertz CT molecular complexity index is 1290. The minimum absolute atomic E-state index is 0.230. The first-order valence-corrected chi connectivity index (χ1v) is 11.2. The molecule has 1 aliphatic rings. The minimum Gasteiger partial charge on any atom is -0.444 e. The molecule has 1 fully saturated rings. The van der Waals surface area contributed by atoms with Crippen molar-refractivity contribution in [2.75, 3.05) is 13.1 Å². The lowest BCUT2D eigenvalue weighted by molar-refractivity contribution is 0.0184. The second-order valence-electron chi connectivity index (χ2n) is 9.56. The molecule has 4 aromatic rings. The molecule has 4 heterocycles. The molecule has 1 aromatic carbocycles. The summed E-state index contributed by atoms with van der Waals surface area (Å²) in [6.45, 7) is 9.11. The lowest BCUT2D eigenvalue weighted by Crippen LogP contribution is -2.42. The zero-order valence-corrected chi connectivity index (χ0v) is 19.1. The number of benzene rings is 1. The van der Waals surface area contributed by atoms with Crippen LogP contribution in [0.15, 0.2) is 42.7 Å². The molecule has 7 nitrogen and oxygen atoms in total. The standard InChI is InChI=1S/C25H29N5O2/c1-16-20(18-9-12-26-23-22(18)19-7-5-6-8-21(19)27-23)15-30(28-16)17-10-13-29(14-11-17)24(31)32-25(2,3)4/h5-9,12,15,17H,10-11,13-14H2,1-4H3,(H,26,27). The Hall–Kier alpha value is -3.35. The Balaban J connectivity index is 1.41. The van der Waals surface area contributed by atoms with E-state index in [0.29, 0.717) is 13.1 Å². The third-order valence-corrected chi connectivity index (χ3v) is 6.10. The summed E-state index contributed by atoms with van der Waals surface area (Å²) in [5.74, 6) is 0. The Morgan fingerprint density at radius 2 is 1.88 bits per heavy atom. The van der Waals surface area contributed by atoms with Gasteiger partial charge in [-0.05, 0) is 58.2 Å². The lowest BCUT2D eigenvalue weighted by atomic mass is 10.0. The Morgan fingerprint density at radius 3 is 2.62 bits per heavy atom. The van der Waals surface area contributed by atoms with E-state index in [1.54, 1.807) is 4.90 Å². The average molecular weight is 432 g/mol. The molecule has 3 aromatic heterocycles. The highest BCUT2D eigenvalue weighted by atomic mass is 16.6. The summed E-state index contributed by atoms with van der Waals surface area (Å²) >= 11 is 0. The van der Waals surface area contributed by atoms with E-state index in [9.17, 15) is 4.79 Å². The van der Waals surface area contributed by atoms with Crippen LogP contribution >= 0.6 is 0 Å². The molecule has 0 radical (unpaired) electrons. The number of hydrogen-bond donors (Lipinski definition) is 1. The van der Waals surface area contributed by atoms with Crippen LogP contribution in [-0.4, -0.2) is 49.4 Å². The van der Waals surface area contributed by atoms with Crippen LogP contribution in [0.25, 0.3) is 33.1 Å². The predicted molar refractivity (Wildman–Crippen MR) is 126 cm³/mol. The van der Waals surface area contributed by atoms with Crippen molar-refractivity contribution in [1.82, 2.24) is 24.6 Å². The van der Waals surface area contributed by atoms with E-state index in [1.165, 1.54) is 5.39 Å². The number of aromatic amines is 1. The number of aromatic nitrogens is 4. The third-order valence-electron chi connectivity index (χ3n) is 6.10. The molecule has 1 amide bonds. The summed E-state index contributed by atoms with van der Waals surface area (Å²) in [5, 5.41) is 7.16. The number of rotatable bonds is 2. The average Bonchev–Trinajstić information content (AvgIpc) is 3.33. The van der Waals surface area contributed by atoms with Gasteiger partial charge < -0.3 is 14.6 Å². The van der Waals surface area contributed by atoms with Gasteiger partial charge in [0, 0.05) is 47.3 Å². The molecular weight excluding hydrogens is 402 g/mol. The van der Waals surface area contributed by atoms with Gasteiger partial charge in [-0.3, -0.25) is 4.68 Å². The normalized spacial score (nSPS) is 15.6. The van der Waals surface area contributed by atoms with E-state index in [2.05, 4.69) is 52.0 Å². The molecule has 0 bridgehead atoms. The maximum Gasteiger partial charge on any atom is 0.410 e. The second-order valence-corrected chi connectivity index (χ2v) is 9.56. The number of likely N-dealkylation sites (tertiary alicyclic amines) is 1. The number of aryl methyl sites for hydroxylation is 1. The van der Waals surface area contributed by atoms with Crippen LogP contribution in [0.1, 0.15) is 45.3 Å². The topological polar surface area (TPSA) is 76.0 Å². The molecule has 0 aliphatic carbocycles. The first-order valence-electron chi connectivity index (χ1n) is 11.2. The third kappa shape index (κ3) is 3.72. The molecule has 1 saturated heterocycles. The molecule has 0 saturated carbocycles. The van der Waals surface area contributed by atoms with Crippen molar-refractivity contribution in [3.8, 4) is 11.1 Å². The number of pyridine rings is 1. The first-order chi connectivity index (χ1) is 15.3. The number of fused-ring (bicyclic) bond motifs is 3. The SMILES string of the molecule is Cc1nn(C2CCN(C(=O)OC(C)(C)C)CC2)cc1-c1ccnc2[nH]c3ccccc3c12. The van der Waals surface area contributed by atoms with Crippen molar-refractivity contribution in [2.45, 2.75) is 52.2 Å². The monoisotopic (exact) mass is 431 g/mol. The number of carbonyl (C=O) groups excluding carboxylic acids is 1. The van der Waals surface area contributed by atoms with E-state index >= 15 is 0 Å². The number of amides is 1. The molecule has 1 aliphatic heterocycles. The van der Waals surface area contributed by atoms with Crippen LogP contribution in [0.2, 0.25) is 0 Å². The van der Waals surface area contributed by atoms with Gasteiger partial charge in [0.05, 0.1) is 11.7 Å². The van der Waals surface area contributed by atoms with Gasteiger partial charge >= 0.3 is 6.09 Å². The van der Waals surface area contributed by atoms with Gasteiger partial charge in [0.25, 0.3) is 0 Å². The number of H-pyrrole nitrogens is 1. The van der Waals surface area contributed by atoms with E-state index < -0.39 is 5.60 Å². The molecular formula is C25H29N5O2. The summed E-state index contributed by atoms with van der Waals surface area (Å²) in [6, 6.07) is 10.6. The predicted octanol–water partition coefficient (Wildman–Crippen LogP) is 5.46. The highest BCUT2D eigenvalue weighted by molar-refractivity contribution is 6.12. The van der Waals surface area contributed by atoms with E-state index in [4.69, 9.17) is 9.84 Å². The van der Waals surface area contributed by atoms with Crippen LogP contribution in [0.5, 0.6) is 0 Å². The molecule has 166 valence electrons. The van der Waals surface area contributed by atoms with Crippen molar-refractivity contribution in [2.24, 2.45) is 0 Å². The highest BCUT2D eigenvalue weighted by Crippen LogP contribution is 2.35. The fraction of sp³-hybridized carbons (Fsp3) is 0.400. The highest BCUT2D eigenvalue weighted by Gasteiger charge is 2.28. The van der Waals surface area contributed by atoms with Crippen molar-refractivity contribution >= 4 is 28.0 Å². The van der Waals surface area contributed by atoms with Crippen molar-refractivity contribution in [3.63, 3.8) is 0 Å². The number of ether oxygens (including phenoxy) is 1. The summed E-state index contributed by atoms with van der Waals surface area (Å²) in [5.41, 5.74) is 4.76. The van der Waals surface area contributed by atoms with Gasteiger partial charge in [0.1, 0.15) is 11.2 Å². The van der Waals surface area contributed by atoms with Gasteiger partial charge in [-0.25, -0.2) is 9.78 Å². The summed E-state index contributed by atoms with van der Waals surface area (Å²) in [6.07, 6.45) is 5.49. The quantitative estimate of drug-likeness (QED) is 0.457. The molecule has 1 N–H and O–H groups in total. The maximum absolute atomic E-state index is 12.4. The Morgan fingerprint density at radius 1 is 1.12 bits per heavy atom. The van der Waals surface area contributed by atoms with Crippen LogP contribution in [0.3, 0.4) is 0 Å². The molecule has 0 unspecified atom stereocenters. The number of hydrogen-bond acceptors (Lipinski definition) is 4. The number of para-hydroxylation sites is 1.